The molecule has 1 amide bonds. The first kappa shape index (κ1) is 15.5. The van der Waals surface area contributed by atoms with Crippen LogP contribution in [0.15, 0.2) is 42.6 Å². The summed E-state index contributed by atoms with van der Waals surface area (Å²) in [6.07, 6.45) is 1.79. The normalized spacial score (nSPS) is 10.5. The molecule has 0 aliphatic rings. The Morgan fingerprint density at radius 1 is 1.26 bits per heavy atom. The van der Waals surface area contributed by atoms with E-state index in [0.29, 0.717) is 21.5 Å². The van der Waals surface area contributed by atoms with Crippen LogP contribution < -0.4 is 10.6 Å². The third kappa shape index (κ3) is 3.69. The highest BCUT2D eigenvalue weighted by Gasteiger charge is 2.09. The van der Waals surface area contributed by atoms with E-state index in [1.165, 1.54) is 11.3 Å². The van der Waals surface area contributed by atoms with Gasteiger partial charge in [-0.25, -0.2) is 4.68 Å². The number of benzene rings is 1. The first-order chi connectivity index (χ1) is 11.2. The topological polar surface area (TPSA) is 71.8 Å². The molecule has 118 valence electrons. The maximum absolute atomic E-state index is 12.0. The Bertz CT molecular complexity index is 811. The lowest BCUT2D eigenvalue weighted by atomic mass is 10.3. The molecule has 0 atom stereocenters. The van der Waals surface area contributed by atoms with Gasteiger partial charge in [-0.05, 0) is 36.4 Å². The molecule has 0 saturated heterocycles. The van der Waals surface area contributed by atoms with Crippen molar-refractivity contribution in [2.45, 2.75) is 6.54 Å². The molecule has 0 bridgehead atoms. The molecule has 0 aliphatic carbocycles. The summed E-state index contributed by atoms with van der Waals surface area (Å²) in [5, 5.41) is 14.0. The fourth-order valence-electron chi connectivity index (χ4n) is 1.98. The molecule has 2 N–H and O–H groups in total. The second-order valence-corrected chi connectivity index (χ2v) is 6.45. The van der Waals surface area contributed by atoms with Gasteiger partial charge in [0.2, 0.25) is 0 Å². The SMILES string of the molecule is CNc1ccc(-n2cc(CNC(=O)c3ccc(Cl)s3)nn2)cc1. The first-order valence-corrected chi connectivity index (χ1v) is 8.08. The summed E-state index contributed by atoms with van der Waals surface area (Å²) in [7, 11) is 1.87. The van der Waals surface area contributed by atoms with E-state index in [1.807, 2.05) is 31.3 Å². The summed E-state index contributed by atoms with van der Waals surface area (Å²) in [6, 6.07) is 11.2. The van der Waals surface area contributed by atoms with Crippen LogP contribution in [0.1, 0.15) is 15.4 Å². The minimum Gasteiger partial charge on any atom is -0.388 e. The summed E-state index contributed by atoms with van der Waals surface area (Å²) in [5.41, 5.74) is 2.61. The first-order valence-electron chi connectivity index (χ1n) is 6.88. The molecule has 0 spiro atoms. The molecule has 23 heavy (non-hydrogen) atoms. The lowest BCUT2D eigenvalue weighted by molar-refractivity contribution is 0.0954. The van der Waals surface area contributed by atoms with Gasteiger partial charge in [-0.15, -0.1) is 16.4 Å². The van der Waals surface area contributed by atoms with Gasteiger partial charge in [0, 0.05) is 12.7 Å². The van der Waals surface area contributed by atoms with Gasteiger partial charge in [0.25, 0.3) is 5.91 Å². The van der Waals surface area contributed by atoms with Crippen molar-refractivity contribution in [2.75, 3.05) is 12.4 Å². The molecule has 0 saturated carbocycles. The molecule has 2 heterocycles. The Morgan fingerprint density at radius 3 is 2.70 bits per heavy atom. The van der Waals surface area contributed by atoms with Crippen LogP contribution in [0, 0.1) is 0 Å². The zero-order chi connectivity index (χ0) is 16.2. The Morgan fingerprint density at radius 2 is 2.04 bits per heavy atom. The average Bonchev–Trinajstić information content (AvgIpc) is 3.22. The van der Waals surface area contributed by atoms with Crippen molar-refractivity contribution in [1.82, 2.24) is 20.3 Å². The zero-order valence-electron chi connectivity index (χ0n) is 12.3. The van der Waals surface area contributed by atoms with Crippen LogP contribution in [-0.4, -0.2) is 27.9 Å². The fourth-order valence-corrected chi connectivity index (χ4v) is 2.94. The van der Waals surface area contributed by atoms with Crippen LogP contribution in [-0.2, 0) is 6.54 Å². The number of thiophene rings is 1. The van der Waals surface area contributed by atoms with Crippen molar-refractivity contribution in [3.8, 4) is 5.69 Å². The smallest absolute Gasteiger partial charge is 0.261 e. The molecule has 0 aliphatic heterocycles. The highest BCUT2D eigenvalue weighted by Crippen LogP contribution is 2.21. The number of halogens is 1. The van der Waals surface area contributed by atoms with Crippen LogP contribution in [0.3, 0.4) is 0 Å². The van der Waals surface area contributed by atoms with E-state index >= 15 is 0 Å². The third-order valence-electron chi connectivity index (χ3n) is 3.19. The second-order valence-electron chi connectivity index (χ2n) is 4.74. The van der Waals surface area contributed by atoms with Crippen LogP contribution >= 0.6 is 22.9 Å². The van der Waals surface area contributed by atoms with Crippen LogP contribution in [0.25, 0.3) is 5.69 Å². The molecule has 8 heteroatoms. The average molecular weight is 348 g/mol. The number of rotatable bonds is 5. The number of nitrogens with one attached hydrogen (secondary N) is 2. The number of aromatic nitrogens is 3. The van der Waals surface area contributed by atoms with Gasteiger partial charge >= 0.3 is 0 Å². The molecule has 6 nitrogen and oxygen atoms in total. The monoisotopic (exact) mass is 347 g/mol. The van der Waals surface area contributed by atoms with Crippen molar-refractivity contribution in [2.24, 2.45) is 0 Å². The largest absolute Gasteiger partial charge is 0.388 e. The van der Waals surface area contributed by atoms with Crippen LogP contribution in [0.5, 0.6) is 0 Å². The summed E-state index contributed by atoms with van der Waals surface area (Å²) in [5.74, 6) is -0.171. The molecule has 3 aromatic rings. The molecule has 3 rings (SSSR count). The quantitative estimate of drug-likeness (QED) is 0.744. The van der Waals surface area contributed by atoms with Gasteiger partial charge in [-0.2, -0.15) is 0 Å². The van der Waals surface area contributed by atoms with E-state index in [0.717, 1.165) is 11.4 Å². The Kier molecular flexibility index (Phi) is 4.59. The lowest BCUT2D eigenvalue weighted by Gasteiger charge is -2.02. The van der Waals surface area contributed by atoms with Crippen molar-refractivity contribution in [1.29, 1.82) is 0 Å². The van der Waals surface area contributed by atoms with Crippen molar-refractivity contribution >= 4 is 34.5 Å². The molecule has 1 aromatic carbocycles. The number of nitrogens with zero attached hydrogens (tertiary/aromatic N) is 3. The summed E-state index contributed by atoms with van der Waals surface area (Å²) >= 11 is 7.07. The summed E-state index contributed by atoms with van der Waals surface area (Å²) < 4.78 is 2.26. The lowest BCUT2D eigenvalue weighted by Crippen LogP contribution is -2.21. The van der Waals surface area contributed by atoms with Gasteiger partial charge in [0.15, 0.2) is 0 Å². The van der Waals surface area contributed by atoms with Gasteiger partial charge in [0.1, 0.15) is 5.69 Å². The maximum atomic E-state index is 12.0. The van der Waals surface area contributed by atoms with E-state index in [1.54, 1.807) is 23.0 Å². The van der Waals surface area contributed by atoms with Crippen molar-refractivity contribution < 1.29 is 4.79 Å². The predicted molar refractivity (Wildman–Crippen MR) is 91.4 cm³/mol. The molecular weight excluding hydrogens is 334 g/mol. The standard InChI is InChI=1S/C15H14ClN5OS/c1-17-10-2-4-12(5-3-10)21-9-11(19-20-21)8-18-15(22)13-6-7-14(16)23-13/h2-7,9,17H,8H2,1H3,(H,18,22). The number of anilines is 1. The number of carbonyl (C=O) groups excluding carboxylic acids is 1. The zero-order valence-corrected chi connectivity index (χ0v) is 13.9. The van der Waals surface area contributed by atoms with Gasteiger partial charge in [-0.3, -0.25) is 4.79 Å². The highest BCUT2D eigenvalue weighted by atomic mass is 35.5. The molecular formula is C15H14ClN5OS. The number of carbonyl (C=O) groups is 1. The number of hydrogen-bond acceptors (Lipinski definition) is 5. The minimum absolute atomic E-state index is 0.171. The van der Waals surface area contributed by atoms with E-state index in [2.05, 4.69) is 20.9 Å². The molecule has 0 unspecified atom stereocenters. The van der Waals surface area contributed by atoms with Crippen molar-refractivity contribution in [3.05, 3.63) is 57.5 Å². The minimum atomic E-state index is -0.171. The maximum Gasteiger partial charge on any atom is 0.261 e. The van der Waals surface area contributed by atoms with Crippen LogP contribution in [0.4, 0.5) is 5.69 Å². The second kappa shape index (κ2) is 6.80. The van der Waals surface area contributed by atoms with Crippen molar-refractivity contribution in [3.63, 3.8) is 0 Å². The van der Waals surface area contributed by atoms with E-state index in [9.17, 15) is 4.79 Å². The highest BCUT2D eigenvalue weighted by molar-refractivity contribution is 7.17. The van der Waals surface area contributed by atoms with E-state index < -0.39 is 0 Å². The Balaban J connectivity index is 1.63. The third-order valence-corrected chi connectivity index (χ3v) is 4.42. The van der Waals surface area contributed by atoms with Gasteiger partial charge in [0.05, 0.1) is 27.6 Å². The van der Waals surface area contributed by atoms with E-state index in [4.69, 9.17) is 11.6 Å². The van der Waals surface area contributed by atoms with Gasteiger partial charge in [-0.1, -0.05) is 16.8 Å². The Hall–Kier alpha value is -2.38. The fraction of sp³-hybridized carbons (Fsp3) is 0.133. The van der Waals surface area contributed by atoms with Gasteiger partial charge < -0.3 is 10.6 Å². The van der Waals surface area contributed by atoms with E-state index in [-0.39, 0.29) is 5.91 Å². The predicted octanol–water partition coefficient (Wildman–Crippen LogP) is 2.95. The summed E-state index contributed by atoms with van der Waals surface area (Å²) in [4.78, 5) is 12.5. The molecule has 2 aromatic heterocycles. The Labute approximate surface area is 142 Å². The van der Waals surface area contributed by atoms with Crippen LogP contribution in [0.2, 0.25) is 4.34 Å². The molecule has 0 radical (unpaired) electrons. The number of amides is 1. The summed E-state index contributed by atoms with van der Waals surface area (Å²) in [6.45, 7) is 0.308. The molecule has 0 fully saturated rings. The number of hydrogen-bond donors (Lipinski definition) is 2.